The van der Waals surface area contributed by atoms with Gasteiger partial charge >= 0.3 is 0 Å². The highest BCUT2D eigenvalue weighted by Crippen LogP contribution is 2.25. The molecule has 1 fully saturated rings. The summed E-state index contributed by atoms with van der Waals surface area (Å²) in [4.78, 5) is 12.3. The first-order chi connectivity index (χ1) is 8.31. The number of aromatic nitrogens is 2. The van der Waals surface area contributed by atoms with Crippen LogP contribution in [0, 0.1) is 5.92 Å². The number of aryl methyl sites for hydroxylation is 1. The highest BCUT2D eigenvalue weighted by atomic mass is 16.1. The molecule has 3 heteroatoms. The second-order valence-electron chi connectivity index (χ2n) is 5.04. The van der Waals surface area contributed by atoms with Crippen molar-refractivity contribution in [2.45, 2.75) is 58.4 Å². The van der Waals surface area contributed by atoms with Gasteiger partial charge in [0.2, 0.25) is 0 Å². The Morgan fingerprint density at radius 2 is 2.06 bits per heavy atom. The molecule has 0 bridgehead atoms. The summed E-state index contributed by atoms with van der Waals surface area (Å²) in [5, 5.41) is 4.24. The van der Waals surface area contributed by atoms with Gasteiger partial charge in [-0.2, -0.15) is 5.10 Å². The molecule has 0 unspecified atom stereocenters. The molecule has 0 aliphatic heterocycles. The van der Waals surface area contributed by atoms with Gasteiger partial charge in [0, 0.05) is 18.7 Å². The van der Waals surface area contributed by atoms with Gasteiger partial charge in [-0.1, -0.05) is 32.6 Å². The van der Waals surface area contributed by atoms with Crippen molar-refractivity contribution in [1.29, 1.82) is 0 Å². The molecule has 94 valence electrons. The number of carbonyl (C=O) groups excluding carboxylic acids is 1. The summed E-state index contributed by atoms with van der Waals surface area (Å²) in [6.45, 7) is 3.02. The van der Waals surface area contributed by atoms with Crippen molar-refractivity contribution in [3.05, 3.63) is 18.0 Å². The standard InChI is InChI=1S/C14H22N2O/c1-2-9-16-11-13(10-15-16)14(17)12-7-5-3-4-6-8-12/h10-12H,2-9H2,1H3. The molecule has 0 spiro atoms. The van der Waals surface area contributed by atoms with Gasteiger partial charge < -0.3 is 0 Å². The fourth-order valence-electron chi connectivity index (χ4n) is 2.62. The van der Waals surface area contributed by atoms with E-state index in [1.807, 2.05) is 10.9 Å². The first kappa shape index (κ1) is 12.3. The predicted octanol–water partition coefficient (Wildman–Crippen LogP) is 3.45. The van der Waals surface area contributed by atoms with Crippen LogP contribution in [0.1, 0.15) is 62.2 Å². The smallest absolute Gasteiger partial charge is 0.169 e. The molecule has 0 amide bonds. The van der Waals surface area contributed by atoms with Crippen molar-refractivity contribution in [2.24, 2.45) is 5.92 Å². The average molecular weight is 234 g/mol. The van der Waals surface area contributed by atoms with Crippen molar-refractivity contribution >= 4 is 5.78 Å². The van der Waals surface area contributed by atoms with Crippen LogP contribution < -0.4 is 0 Å². The first-order valence-electron chi connectivity index (χ1n) is 6.88. The molecule has 1 aliphatic rings. The van der Waals surface area contributed by atoms with Crippen molar-refractivity contribution in [1.82, 2.24) is 9.78 Å². The summed E-state index contributed by atoms with van der Waals surface area (Å²) in [6, 6.07) is 0. The third-order valence-electron chi connectivity index (χ3n) is 3.60. The number of Topliss-reactive ketones (excluding diaryl/α,β-unsaturated/α-hetero) is 1. The predicted molar refractivity (Wildman–Crippen MR) is 68.0 cm³/mol. The first-order valence-corrected chi connectivity index (χ1v) is 6.88. The van der Waals surface area contributed by atoms with E-state index in [2.05, 4.69) is 12.0 Å². The maximum absolute atomic E-state index is 12.3. The van der Waals surface area contributed by atoms with E-state index < -0.39 is 0 Å². The zero-order chi connectivity index (χ0) is 12.1. The maximum Gasteiger partial charge on any atom is 0.169 e. The molecule has 0 saturated heterocycles. The Labute approximate surface area is 103 Å². The minimum Gasteiger partial charge on any atom is -0.294 e. The SMILES string of the molecule is CCCn1cc(C(=O)C2CCCCCC2)cn1. The van der Waals surface area contributed by atoms with Crippen LogP contribution in [0.5, 0.6) is 0 Å². The molecule has 3 nitrogen and oxygen atoms in total. The highest BCUT2D eigenvalue weighted by Gasteiger charge is 2.22. The topological polar surface area (TPSA) is 34.9 Å². The quantitative estimate of drug-likeness (QED) is 0.591. The van der Waals surface area contributed by atoms with Gasteiger partial charge in [0.25, 0.3) is 0 Å². The molecule has 1 saturated carbocycles. The highest BCUT2D eigenvalue weighted by molar-refractivity contribution is 5.97. The third kappa shape index (κ3) is 3.18. The van der Waals surface area contributed by atoms with E-state index in [4.69, 9.17) is 0 Å². The van der Waals surface area contributed by atoms with Crippen molar-refractivity contribution in [2.75, 3.05) is 0 Å². The van der Waals surface area contributed by atoms with Gasteiger partial charge in [0.15, 0.2) is 5.78 Å². The lowest BCUT2D eigenvalue weighted by atomic mass is 9.92. The summed E-state index contributed by atoms with van der Waals surface area (Å²) in [5.74, 6) is 0.561. The molecule has 0 radical (unpaired) electrons. The van der Waals surface area contributed by atoms with E-state index in [1.165, 1.54) is 25.7 Å². The van der Waals surface area contributed by atoms with Crippen LogP contribution in [0.25, 0.3) is 0 Å². The lowest BCUT2D eigenvalue weighted by Gasteiger charge is -2.10. The van der Waals surface area contributed by atoms with Gasteiger partial charge in [-0.15, -0.1) is 0 Å². The molecule has 1 heterocycles. The summed E-state index contributed by atoms with van der Waals surface area (Å²) < 4.78 is 1.88. The van der Waals surface area contributed by atoms with E-state index >= 15 is 0 Å². The van der Waals surface area contributed by atoms with Gasteiger partial charge in [0.1, 0.15) is 0 Å². The molecule has 0 N–H and O–H groups in total. The molecule has 1 aromatic rings. The van der Waals surface area contributed by atoms with Crippen LogP contribution in [-0.2, 0) is 6.54 Å². The van der Waals surface area contributed by atoms with Crippen molar-refractivity contribution in [3.63, 3.8) is 0 Å². The fourth-order valence-corrected chi connectivity index (χ4v) is 2.62. The van der Waals surface area contributed by atoms with Crippen LogP contribution in [0.3, 0.4) is 0 Å². The zero-order valence-corrected chi connectivity index (χ0v) is 10.7. The summed E-state index contributed by atoms with van der Waals surface area (Å²) in [5.41, 5.74) is 0.811. The zero-order valence-electron chi connectivity index (χ0n) is 10.7. The third-order valence-corrected chi connectivity index (χ3v) is 3.60. The van der Waals surface area contributed by atoms with Crippen LogP contribution in [0.15, 0.2) is 12.4 Å². The minimum absolute atomic E-state index is 0.247. The summed E-state index contributed by atoms with van der Waals surface area (Å²) in [7, 11) is 0. The number of rotatable bonds is 4. The van der Waals surface area contributed by atoms with Crippen LogP contribution in [0.4, 0.5) is 0 Å². The summed E-state index contributed by atoms with van der Waals surface area (Å²) in [6.07, 6.45) is 11.8. The second-order valence-corrected chi connectivity index (χ2v) is 5.04. The van der Waals surface area contributed by atoms with Crippen LogP contribution in [-0.4, -0.2) is 15.6 Å². The molecule has 0 aromatic carbocycles. The molecule has 1 aliphatic carbocycles. The van der Waals surface area contributed by atoms with Gasteiger partial charge in [-0.25, -0.2) is 0 Å². The Bertz CT molecular complexity index is 362. The number of nitrogens with zero attached hydrogens (tertiary/aromatic N) is 2. The Hall–Kier alpha value is -1.12. The number of hydrogen-bond acceptors (Lipinski definition) is 2. The van der Waals surface area contributed by atoms with Gasteiger partial charge in [-0.3, -0.25) is 9.48 Å². The van der Waals surface area contributed by atoms with E-state index in [0.29, 0.717) is 5.78 Å². The average Bonchev–Trinajstić information content (AvgIpc) is 2.64. The number of hydrogen-bond donors (Lipinski definition) is 0. The molecule has 17 heavy (non-hydrogen) atoms. The summed E-state index contributed by atoms with van der Waals surface area (Å²) >= 11 is 0. The second kappa shape index (κ2) is 5.99. The lowest BCUT2D eigenvalue weighted by molar-refractivity contribution is 0.0908. The normalized spacial score (nSPS) is 17.9. The molecular weight excluding hydrogens is 212 g/mol. The number of carbonyl (C=O) groups is 1. The van der Waals surface area contributed by atoms with Crippen LogP contribution in [0.2, 0.25) is 0 Å². The van der Waals surface area contributed by atoms with E-state index in [0.717, 1.165) is 31.4 Å². The van der Waals surface area contributed by atoms with Gasteiger partial charge in [0.05, 0.1) is 11.8 Å². The molecule has 2 rings (SSSR count). The number of ketones is 1. The molecule has 1 aromatic heterocycles. The van der Waals surface area contributed by atoms with Gasteiger partial charge in [-0.05, 0) is 19.3 Å². The maximum atomic E-state index is 12.3. The largest absolute Gasteiger partial charge is 0.294 e. The van der Waals surface area contributed by atoms with Crippen molar-refractivity contribution < 1.29 is 4.79 Å². The molecular formula is C14H22N2O. The van der Waals surface area contributed by atoms with E-state index in [1.54, 1.807) is 6.20 Å². The minimum atomic E-state index is 0.247. The molecule has 0 atom stereocenters. The monoisotopic (exact) mass is 234 g/mol. The van der Waals surface area contributed by atoms with E-state index in [-0.39, 0.29) is 5.92 Å². The lowest BCUT2D eigenvalue weighted by Crippen LogP contribution is -2.13. The Kier molecular flexibility index (Phi) is 4.35. The Morgan fingerprint density at radius 1 is 1.35 bits per heavy atom. The Morgan fingerprint density at radius 3 is 2.71 bits per heavy atom. The fraction of sp³-hybridized carbons (Fsp3) is 0.714. The van der Waals surface area contributed by atoms with E-state index in [9.17, 15) is 4.79 Å². The Balaban J connectivity index is 2.01. The van der Waals surface area contributed by atoms with Crippen LogP contribution >= 0.6 is 0 Å². The van der Waals surface area contributed by atoms with Crippen molar-refractivity contribution in [3.8, 4) is 0 Å².